The molecule has 0 aliphatic heterocycles. The number of carbonyl (C=O) groups is 2. The first kappa shape index (κ1) is 14.4. The van der Waals surface area contributed by atoms with Gasteiger partial charge in [-0.05, 0) is 28.1 Å². The van der Waals surface area contributed by atoms with Crippen molar-refractivity contribution in [3.05, 3.63) is 28.5 Å². The van der Waals surface area contributed by atoms with Crippen LogP contribution in [0.15, 0.2) is 22.8 Å². The van der Waals surface area contributed by atoms with Crippen LogP contribution in [0.25, 0.3) is 0 Å². The maximum absolute atomic E-state index is 11.7. The highest BCUT2D eigenvalue weighted by molar-refractivity contribution is 9.10. The van der Waals surface area contributed by atoms with E-state index in [1.165, 1.54) is 4.90 Å². The molecule has 98 valence electrons. The molecule has 1 aromatic heterocycles. The lowest BCUT2D eigenvalue weighted by molar-refractivity contribution is 0.0948. The molecule has 2 N–H and O–H groups in total. The molecular weight excluding hydrogens is 300 g/mol. The summed E-state index contributed by atoms with van der Waals surface area (Å²) in [5.74, 6) is -0.268. The van der Waals surface area contributed by atoms with Gasteiger partial charge < -0.3 is 15.5 Å². The van der Waals surface area contributed by atoms with Crippen molar-refractivity contribution in [1.29, 1.82) is 0 Å². The second-order valence-electron chi connectivity index (χ2n) is 3.73. The van der Waals surface area contributed by atoms with Crippen LogP contribution in [0.4, 0.5) is 4.79 Å². The summed E-state index contributed by atoms with van der Waals surface area (Å²) in [6.07, 6.45) is 0. The maximum Gasteiger partial charge on any atom is 0.316 e. The van der Waals surface area contributed by atoms with Gasteiger partial charge in [0.05, 0.1) is 0 Å². The summed E-state index contributed by atoms with van der Waals surface area (Å²) in [6, 6.07) is 4.91. The van der Waals surface area contributed by atoms with Crippen molar-refractivity contribution in [2.24, 2.45) is 0 Å². The molecule has 0 saturated carbocycles. The second kappa shape index (κ2) is 6.95. The monoisotopic (exact) mass is 314 g/mol. The molecule has 18 heavy (non-hydrogen) atoms. The van der Waals surface area contributed by atoms with Gasteiger partial charge in [-0.2, -0.15) is 0 Å². The zero-order chi connectivity index (χ0) is 13.5. The Morgan fingerprint density at radius 1 is 1.28 bits per heavy atom. The number of hydrogen-bond donors (Lipinski definition) is 2. The molecule has 1 heterocycles. The van der Waals surface area contributed by atoms with E-state index in [0.717, 1.165) is 0 Å². The maximum atomic E-state index is 11.7. The van der Waals surface area contributed by atoms with Gasteiger partial charge in [-0.25, -0.2) is 9.78 Å². The number of aromatic nitrogens is 1. The van der Waals surface area contributed by atoms with Crippen LogP contribution >= 0.6 is 15.9 Å². The summed E-state index contributed by atoms with van der Waals surface area (Å²) >= 11 is 3.19. The minimum absolute atomic E-state index is 0.190. The van der Waals surface area contributed by atoms with Crippen molar-refractivity contribution in [2.75, 3.05) is 27.2 Å². The Morgan fingerprint density at radius 3 is 2.56 bits per heavy atom. The number of halogens is 1. The smallest absolute Gasteiger partial charge is 0.316 e. The van der Waals surface area contributed by atoms with Gasteiger partial charge in [0.2, 0.25) is 0 Å². The molecule has 0 aromatic carbocycles. The highest BCUT2D eigenvalue weighted by atomic mass is 79.9. The number of amides is 3. The Bertz CT molecular complexity index is 437. The molecular formula is C11H15BrN4O2. The minimum Gasteiger partial charge on any atom is -0.349 e. The Balaban J connectivity index is 2.32. The standard InChI is InChI=1S/C11H15BrN4O2/c1-16(2)11(18)14-7-6-13-10(17)8-4-3-5-9(12)15-8/h3-5H,6-7H2,1-2H3,(H,13,17)(H,14,18). The molecule has 0 spiro atoms. The summed E-state index contributed by atoms with van der Waals surface area (Å²) < 4.78 is 0.607. The zero-order valence-corrected chi connectivity index (χ0v) is 11.8. The van der Waals surface area contributed by atoms with Crippen LogP contribution in [0.3, 0.4) is 0 Å². The summed E-state index contributed by atoms with van der Waals surface area (Å²) in [7, 11) is 3.30. The first-order valence-corrected chi connectivity index (χ1v) is 6.16. The van der Waals surface area contributed by atoms with E-state index in [1.807, 2.05) is 0 Å². The average Bonchev–Trinajstić information content (AvgIpc) is 2.33. The molecule has 1 rings (SSSR count). The molecule has 6 nitrogen and oxygen atoms in total. The van der Waals surface area contributed by atoms with Crippen molar-refractivity contribution in [1.82, 2.24) is 20.5 Å². The van der Waals surface area contributed by atoms with Gasteiger partial charge in [0.15, 0.2) is 0 Å². The third-order valence-corrected chi connectivity index (χ3v) is 2.48. The van der Waals surface area contributed by atoms with E-state index in [-0.39, 0.29) is 11.9 Å². The van der Waals surface area contributed by atoms with Gasteiger partial charge in [-0.1, -0.05) is 6.07 Å². The summed E-state index contributed by atoms with van der Waals surface area (Å²) in [5.41, 5.74) is 0.336. The van der Waals surface area contributed by atoms with E-state index in [0.29, 0.717) is 23.4 Å². The lowest BCUT2D eigenvalue weighted by atomic mass is 10.3. The van der Waals surface area contributed by atoms with Crippen molar-refractivity contribution in [3.63, 3.8) is 0 Å². The summed E-state index contributed by atoms with van der Waals surface area (Å²) in [5, 5.41) is 5.31. The van der Waals surface area contributed by atoms with Crippen LogP contribution < -0.4 is 10.6 Å². The zero-order valence-electron chi connectivity index (χ0n) is 10.2. The Hall–Kier alpha value is -1.63. The van der Waals surface area contributed by atoms with Crippen molar-refractivity contribution < 1.29 is 9.59 Å². The molecule has 0 bridgehead atoms. The Kier molecular flexibility index (Phi) is 5.57. The van der Waals surface area contributed by atoms with E-state index in [9.17, 15) is 9.59 Å². The lowest BCUT2D eigenvalue weighted by Gasteiger charge is -2.12. The summed E-state index contributed by atoms with van der Waals surface area (Å²) in [4.78, 5) is 28.3. The third kappa shape index (κ3) is 4.70. The topological polar surface area (TPSA) is 74.3 Å². The predicted octanol–water partition coefficient (Wildman–Crippen LogP) is 0.845. The predicted molar refractivity (Wildman–Crippen MR) is 71.4 cm³/mol. The first-order valence-electron chi connectivity index (χ1n) is 5.36. The van der Waals surface area contributed by atoms with Crippen LogP contribution in [-0.2, 0) is 0 Å². The quantitative estimate of drug-likeness (QED) is 0.639. The van der Waals surface area contributed by atoms with Crippen LogP contribution in [0.1, 0.15) is 10.5 Å². The van der Waals surface area contributed by atoms with E-state index in [1.54, 1.807) is 32.3 Å². The molecule has 0 fully saturated rings. The van der Waals surface area contributed by atoms with Gasteiger partial charge in [0.25, 0.3) is 5.91 Å². The van der Waals surface area contributed by atoms with Crippen LogP contribution in [0.2, 0.25) is 0 Å². The highest BCUT2D eigenvalue weighted by Crippen LogP contribution is 2.05. The van der Waals surface area contributed by atoms with Crippen LogP contribution in [0, 0.1) is 0 Å². The normalized spacial score (nSPS) is 9.72. The number of nitrogens with one attached hydrogen (secondary N) is 2. The van der Waals surface area contributed by atoms with E-state index >= 15 is 0 Å². The van der Waals surface area contributed by atoms with Crippen molar-refractivity contribution in [3.8, 4) is 0 Å². The fourth-order valence-electron chi connectivity index (χ4n) is 1.13. The molecule has 0 atom stereocenters. The van der Waals surface area contributed by atoms with Crippen molar-refractivity contribution in [2.45, 2.75) is 0 Å². The van der Waals surface area contributed by atoms with Crippen LogP contribution in [0.5, 0.6) is 0 Å². The van der Waals surface area contributed by atoms with Gasteiger partial charge in [0.1, 0.15) is 10.3 Å². The molecule has 0 saturated heterocycles. The highest BCUT2D eigenvalue weighted by Gasteiger charge is 2.07. The molecule has 1 aromatic rings. The van der Waals surface area contributed by atoms with Crippen LogP contribution in [-0.4, -0.2) is 49.0 Å². The summed E-state index contributed by atoms with van der Waals surface area (Å²) in [6.45, 7) is 0.726. The van der Waals surface area contributed by atoms with Gasteiger partial charge in [0, 0.05) is 27.2 Å². The van der Waals surface area contributed by atoms with E-state index < -0.39 is 0 Å². The van der Waals surface area contributed by atoms with Crippen molar-refractivity contribution >= 4 is 27.9 Å². The fraction of sp³-hybridized carbons (Fsp3) is 0.364. The molecule has 0 unspecified atom stereocenters. The lowest BCUT2D eigenvalue weighted by Crippen LogP contribution is -2.39. The number of rotatable bonds is 4. The molecule has 0 aliphatic carbocycles. The molecule has 3 amide bonds. The van der Waals surface area contributed by atoms with Gasteiger partial charge in [-0.15, -0.1) is 0 Å². The number of nitrogens with zero attached hydrogens (tertiary/aromatic N) is 2. The average molecular weight is 315 g/mol. The second-order valence-corrected chi connectivity index (χ2v) is 4.54. The molecule has 0 aliphatic rings. The molecule has 0 radical (unpaired) electrons. The number of hydrogen-bond acceptors (Lipinski definition) is 3. The third-order valence-electron chi connectivity index (χ3n) is 2.04. The fourth-order valence-corrected chi connectivity index (χ4v) is 1.47. The number of pyridine rings is 1. The minimum atomic E-state index is -0.268. The first-order chi connectivity index (χ1) is 8.50. The van der Waals surface area contributed by atoms with Gasteiger partial charge >= 0.3 is 6.03 Å². The van der Waals surface area contributed by atoms with E-state index in [2.05, 4.69) is 31.5 Å². The number of carbonyl (C=O) groups excluding carboxylic acids is 2. The Labute approximate surface area is 114 Å². The largest absolute Gasteiger partial charge is 0.349 e. The van der Waals surface area contributed by atoms with Gasteiger partial charge in [-0.3, -0.25) is 4.79 Å². The SMILES string of the molecule is CN(C)C(=O)NCCNC(=O)c1cccc(Br)n1. The number of urea groups is 1. The molecule has 7 heteroatoms. The Morgan fingerprint density at radius 2 is 1.94 bits per heavy atom. The van der Waals surface area contributed by atoms with E-state index in [4.69, 9.17) is 0 Å².